The highest BCUT2D eigenvalue weighted by Crippen LogP contribution is 2.14. The summed E-state index contributed by atoms with van der Waals surface area (Å²) in [5.41, 5.74) is 0.468. The third-order valence-electron chi connectivity index (χ3n) is 1.34. The lowest BCUT2D eigenvalue weighted by Gasteiger charge is -2.06. The smallest absolute Gasteiger partial charge is 0.138 e. The molecule has 5 heteroatoms. The summed E-state index contributed by atoms with van der Waals surface area (Å²) in [6, 6.07) is 6.50. The molecule has 0 unspecified atom stereocenters. The van der Waals surface area contributed by atoms with Crippen molar-refractivity contribution >= 4 is 11.8 Å². The molecule has 0 aliphatic carbocycles. The molecule has 1 amide bonds. The van der Waals surface area contributed by atoms with Crippen LogP contribution in [-0.2, 0) is 0 Å². The number of carboxylic acid groups (broad SMARTS) is 1. The van der Waals surface area contributed by atoms with Crippen LogP contribution in [0.25, 0.3) is 0 Å². The van der Waals surface area contributed by atoms with E-state index in [9.17, 15) is 9.90 Å². The highest BCUT2D eigenvalue weighted by atomic mass is 16.5. The van der Waals surface area contributed by atoms with Gasteiger partial charge in [0, 0.05) is 5.69 Å². The molecule has 72 valence electrons. The van der Waals surface area contributed by atoms with Gasteiger partial charge in [-0.2, -0.15) is 0 Å². The van der Waals surface area contributed by atoms with Gasteiger partial charge in [0.25, 0.3) is 0 Å². The number of amides is 1. The van der Waals surface area contributed by atoms with Gasteiger partial charge in [-0.25, -0.2) is 0 Å². The molecule has 0 bridgehead atoms. The molecule has 5 nitrogen and oxygen atoms in total. The Morgan fingerprint density at radius 3 is 2.31 bits per heavy atom. The molecule has 1 rings (SSSR count). The number of methoxy groups -OCH3 is 1. The Bertz CT molecular complexity index is 271. The van der Waals surface area contributed by atoms with E-state index < -0.39 is 6.09 Å². The first-order valence-corrected chi connectivity index (χ1v) is 3.34. The quantitative estimate of drug-likeness (QED) is 0.712. The largest absolute Gasteiger partial charge is 0.530 e. The Kier molecular flexibility index (Phi) is 4.32. The van der Waals surface area contributed by atoms with Crippen LogP contribution in [0.1, 0.15) is 0 Å². The second-order valence-corrected chi connectivity index (χ2v) is 2.14. The van der Waals surface area contributed by atoms with E-state index >= 15 is 0 Å². The number of carbonyl (C=O) groups excluding carboxylic acids is 1. The lowest BCUT2D eigenvalue weighted by Crippen LogP contribution is -2.28. The zero-order valence-corrected chi connectivity index (χ0v) is 7.53. The zero-order valence-electron chi connectivity index (χ0n) is 7.53. The second-order valence-electron chi connectivity index (χ2n) is 2.14. The van der Waals surface area contributed by atoms with E-state index in [2.05, 4.69) is 5.32 Å². The van der Waals surface area contributed by atoms with Crippen LogP contribution in [-0.4, -0.2) is 13.2 Å². The fourth-order valence-electron chi connectivity index (χ4n) is 0.792. The maximum Gasteiger partial charge on any atom is 0.138 e. The van der Waals surface area contributed by atoms with Crippen LogP contribution >= 0.6 is 0 Å². The van der Waals surface area contributed by atoms with Crippen molar-refractivity contribution in [2.45, 2.75) is 0 Å². The molecule has 5 N–H and O–H groups in total. The van der Waals surface area contributed by atoms with Gasteiger partial charge in [-0.1, -0.05) is 0 Å². The highest BCUT2D eigenvalue weighted by Gasteiger charge is 1.91. The van der Waals surface area contributed by atoms with Gasteiger partial charge in [0.05, 0.1) is 7.11 Å². The highest BCUT2D eigenvalue weighted by molar-refractivity contribution is 5.81. The van der Waals surface area contributed by atoms with Crippen LogP contribution in [0.15, 0.2) is 24.3 Å². The van der Waals surface area contributed by atoms with Crippen LogP contribution < -0.4 is 21.3 Å². The van der Waals surface area contributed by atoms with Gasteiger partial charge in [0.2, 0.25) is 0 Å². The average Bonchev–Trinajstić information content (AvgIpc) is 2.05. The van der Waals surface area contributed by atoms with Gasteiger partial charge in [-0.3, -0.25) is 0 Å². The molecule has 0 heterocycles. The van der Waals surface area contributed by atoms with Crippen molar-refractivity contribution in [3.05, 3.63) is 24.3 Å². The van der Waals surface area contributed by atoms with Crippen molar-refractivity contribution in [1.82, 2.24) is 6.15 Å². The number of quaternary nitrogens is 1. The molecule has 0 saturated carbocycles. The van der Waals surface area contributed by atoms with E-state index in [1.165, 1.54) is 0 Å². The average molecular weight is 184 g/mol. The van der Waals surface area contributed by atoms with Crippen molar-refractivity contribution in [3.8, 4) is 5.75 Å². The number of rotatable bonds is 2. The molecule has 0 aromatic heterocycles. The number of anilines is 1. The van der Waals surface area contributed by atoms with Crippen LogP contribution in [0.4, 0.5) is 10.5 Å². The molecule has 0 spiro atoms. The molecule has 0 aliphatic heterocycles. The summed E-state index contributed by atoms with van der Waals surface area (Å²) >= 11 is 0. The Balaban J connectivity index is 0.00000144. The Hall–Kier alpha value is -1.75. The fourth-order valence-corrected chi connectivity index (χ4v) is 0.792. The van der Waals surface area contributed by atoms with Crippen LogP contribution in [0.5, 0.6) is 5.75 Å². The maximum absolute atomic E-state index is 10.1. The summed E-state index contributed by atoms with van der Waals surface area (Å²) in [6.07, 6.45) is -1.32. The van der Waals surface area contributed by atoms with Crippen LogP contribution in [0.3, 0.4) is 0 Å². The Morgan fingerprint density at radius 1 is 1.38 bits per heavy atom. The molecule has 0 aliphatic rings. The summed E-state index contributed by atoms with van der Waals surface area (Å²) in [7, 11) is 1.54. The van der Waals surface area contributed by atoms with E-state index in [1.807, 2.05) is 0 Å². The standard InChI is InChI=1S/C8H9NO3.H3N/c1-12-7-4-2-6(3-5-7)9-8(10)11;/h2-5,9H,1H3,(H,10,11);1H3. The second kappa shape index (κ2) is 5.00. The lowest BCUT2D eigenvalue weighted by molar-refractivity contribution is -0.242. The van der Waals surface area contributed by atoms with E-state index in [4.69, 9.17) is 4.74 Å². The minimum absolute atomic E-state index is 0. The monoisotopic (exact) mass is 184 g/mol. The molecular weight excluding hydrogens is 172 g/mol. The normalized spacial score (nSPS) is 8.38. The van der Waals surface area contributed by atoms with Crippen LogP contribution in [0, 0.1) is 0 Å². The van der Waals surface area contributed by atoms with E-state index in [1.54, 1.807) is 31.4 Å². The number of benzene rings is 1. The van der Waals surface area contributed by atoms with Gasteiger partial charge < -0.3 is 26.1 Å². The number of hydrogen-bond donors (Lipinski definition) is 2. The van der Waals surface area contributed by atoms with Gasteiger partial charge in [0.15, 0.2) is 0 Å². The summed E-state index contributed by atoms with van der Waals surface area (Å²) in [6.45, 7) is 0. The third kappa shape index (κ3) is 3.44. The van der Waals surface area contributed by atoms with Gasteiger partial charge in [-0.15, -0.1) is 0 Å². The molecule has 0 saturated heterocycles. The van der Waals surface area contributed by atoms with Crippen molar-refractivity contribution in [2.75, 3.05) is 12.4 Å². The predicted molar refractivity (Wildman–Crippen MR) is 48.0 cm³/mol. The topological polar surface area (TPSA) is 97.9 Å². The predicted octanol–water partition coefficient (Wildman–Crippen LogP) is 0.827. The van der Waals surface area contributed by atoms with Crippen molar-refractivity contribution < 1.29 is 14.6 Å². The lowest BCUT2D eigenvalue weighted by atomic mass is 10.3. The third-order valence-corrected chi connectivity index (χ3v) is 1.34. The SMILES string of the molecule is COc1ccc(NC(=O)[O-])cc1.[NH4+]. The van der Waals surface area contributed by atoms with Gasteiger partial charge in [0.1, 0.15) is 11.8 Å². The molecule has 0 atom stereocenters. The van der Waals surface area contributed by atoms with Gasteiger partial charge >= 0.3 is 0 Å². The van der Waals surface area contributed by atoms with E-state index in [0.29, 0.717) is 11.4 Å². The summed E-state index contributed by atoms with van der Waals surface area (Å²) < 4.78 is 4.88. The number of nitrogens with one attached hydrogen (secondary N) is 1. The molecule has 0 fully saturated rings. The first-order valence-electron chi connectivity index (χ1n) is 3.34. The number of ether oxygens (including phenoxy) is 1. The molecule has 1 aromatic carbocycles. The first kappa shape index (κ1) is 11.2. The first-order chi connectivity index (χ1) is 5.72. The summed E-state index contributed by atoms with van der Waals surface area (Å²) in [4.78, 5) is 10.1. The van der Waals surface area contributed by atoms with Gasteiger partial charge in [-0.05, 0) is 24.3 Å². The Labute approximate surface area is 75.9 Å². The van der Waals surface area contributed by atoms with Crippen molar-refractivity contribution in [2.24, 2.45) is 0 Å². The maximum atomic E-state index is 10.1. The van der Waals surface area contributed by atoms with Crippen LogP contribution in [0.2, 0.25) is 0 Å². The number of carbonyl (C=O) groups is 1. The van der Waals surface area contributed by atoms with Crippen molar-refractivity contribution in [1.29, 1.82) is 0 Å². The zero-order chi connectivity index (χ0) is 8.97. The minimum atomic E-state index is -1.32. The Morgan fingerprint density at radius 2 is 1.92 bits per heavy atom. The fraction of sp³-hybridized carbons (Fsp3) is 0.125. The summed E-state index contributed by atoms with van der Waals surface area (Å²) in [5, 5.41) is 12.2. The number of hydrogen-bond acceptors (Lipinski definition) is 3. The van der Waals surface area contributed by atoms with E-state index in [-0.39, 0.29) is 6.15 Å². The summed E-state index contributed by atoms with van der Waals surface area (Å²) in [5.74, 6) is 0.680. The molecule has 1 aromatic rings. The minimum Gasteiger partial charge on any atom is -0.530 e. The molecule has 0 radical (unpaired) electrons. The van der Waals surface area contributed by atoms with Crippen molar-refractivity contribution in [3.63, 3.8) is 0 Å². The molecule has 13 heavy (non-hydrogen) atoms. The molecular formula is C8H12N2O3. The van der Waals surface area contributed by atoms with E-state index in [0.717, 1.165) is 0 Å².